The predicted octanol–water partition coefficient (Wildman–Crippen LogP) is 4.43. The molecule has 0 spiro atoms. The summed E-state index contributed by atoms with van der Waals surface area (Å²) in [4.78, 5) is 21.7. The molecule has 1 aromatic heterocycles. The zero-order valence-electron chi connectivity index (χ0n) is 16.2. The molecular formula is C22H22ClN3O2S. The number of methoxy groups -OCH3 is 1. The van der Waals surface area contributed by atoms with Crippen LogP contribution >= 0.6 is 22.9 Å². The third kappa shape index (κ3) is 4.78. The molecule has 2 heterocycles. The molecule has 1 saturated heterocycles. The summed E-state index contributed by atoms with van der Waals surface area (Å²) in [7, 11) is 1.64. The number of piperazine rings is 1. The molecule has 0 unspecified atom stereocenters. The lowest BCUT2D eigenvalue weighted by molar-refractivity contribution is 0.0623. The number of ether oxygens (including phenoxy) is 1. The lowest BCUT2D eigenvalue weighted by Gasteiger charge is -2.34. The third-order valence-corrected chi connectivity index (χ3v) is 6.14. The van der Waals surface area contributed by atoms with Crippen LogP contribution in [0.4, 0.5) is 0 Å². The second kappa shape index (κ2) is 8.95. The highest BCUT2D eigenvalue weighted by Gasteiger charge is 2.24. The summed E-state index contributed by atoms with van der Waals surface area (Å²) in [6, 6.07) is 15.7. The summed E-state index contributed by atoms with van der Waals surface area (Å²) in [5, 5.41) is 3.45. The highest BCUT2D eigenvalue weighted by atomic mass is 35.5. The van der Waals surface area contributed by atoms with Gasteiger partial charge in [0.15, 0.2) is 0 Å². The zero-order chi connectivity index (χ0) is 20.2. The number of aromatic nitrogens is 1. The molecule has 2 aromatic carbocycles. The average Bonchev–Trinajstić information content (AvgIpc) is 3.24. The topological polar surface area (TPSA) is 45.7 Å². The summed E-state index contributed by atoms with van der Waals surface area (Å²) < 4.78 is 5.19. The van der Waals surface area contributed by atoms with E-state index in [2.05, 4.69) is 16.0 Å². The number of carbonyl (C=O) groups excluding carboxylic acids is 1. The van der Waals surface area contributed by atoms with Crippen molar-refractivity contribution in [3.63, 3.8) is 0 Å². The molecular weight excluding hydrogens is 406 g/mol. The number of amides is 1. The van der Waals surface area contributed by atoms with Crippen LogP contribution < -0.4 is 4.74 Å². The van der Waals surface area contributed by atoms with Gasteiger partial charge in [-0.1, -0.05) is 23.7 Å². The molecule has 1 aliphatic rings. The maximum absolute atomic E-state index is 12.9. The number of thiazole rings is 1. The van der Waals surface area contributed by atoms with Gasteiger partial charge in [-0.25, -0.2) is 4.98 Å². The summed E-state index contributed by atoms with van der Waals surface area (Å²) >= 11 is 7.56. The lowest BCUT2D eigenvalue weighted by Crippen LogP contribution is -2.48. The molecule has 5 nitrogen and oxygen atoms in total. The van der Waals surface area contributed by atoms with E-state index in [1.54, 1.807) is 7.11 Å². The van der Waals surface area contributed by atoms with Crippen molar-refractivity contribution >= 4 is 28.8 Å². The first-order valence-corrected chi connectivity index (χ1v) is 10.7. The Hall–Kier alpha value is -2.41. The summed E-state index contributed by atoms with van der Waals surface area (Å²) in [5.74, 6) is 0.806. The number of halogens is 1. The van der Waals surface area contributed by atoms with Crippen LogP contribution in [0.5, 0.6) is 5.75 Å². The monoisotopic (exact) mass is 427 g/mol. The molecule has 0 N–H and O–H groups in total. The Kier molecular flexibility index (Phi) is 6.13. The molecule has 0 atom stereocenters. The molecule has 0 aliphatic carbocycles. The Balaban J connectivity index is 1.35. The van der Waals surface area contributed by atoms with Crippen molar-refractivity contribution in [3.8, 4) is 16.3 Å². The number of hydrogen-bond donors (Lipinski definition) is 0. The number of rotatable bonds is 5. The maximum Gasteiger partial charge on any atom is 0.273 e. The summed E-state index contributed by atoms with van der Waals surface area (Å²) in [5.41, 5.74) is 2.70. The van der Waals surface area contributed by atoms with Gasteiger partial charge in [-0.2, -0.15) is 0 Å². The molecule has 1 aliphatic heterocycles. The summed E-state index contributed by atoms with van der Waals surface area (Å²) in [6.07, 6.45) is 0. The zero-order valence-corrected chi connectivity index (χ0v) is 17.7. The average molecular weight is 428 g/mol. The Morgan fingerprint density at radius 3 is 2.59 bits per heavy atom. The van der Waals surface area contributed by atoms with E-state index < -0.39 is 0 Å². The molecule has 1 fully saturated rings. The second-order valence-corrected chi connectivity index (χ2v) is 8.26. The van der Waals surface area contributed by atoms with Crippen LogP contribution in [0, 0.1) is 0 Å². The van der Waals surface area contributed by atoms with Gasteiger partial charge in [0.25, 0.3) is 5.91 Å². The van der Waals surface area contributed by atoms with Crippen molar-refractivity contribution in [2.75, 3.05) is 33.3 Å². The first kappa shape index (κ1) is 19.9. The maximum atomic E-state index is 12.9. The fourth-order valence-corrected chi connectivity index (χ4v) is 4.42. The van der Waals surface area contributed by atoms with Crippen LogP contribution in [0.3, 0.4) is 0 Å². The van der Waals surface area contributed by atoms with Gasteiger partial charge >= 0.3 is 0 Å². The van der Waals surface area contributed by atoms with Crippen LogP contribution in [-0.2, 0) is 6.54 Å². The fraction of sp³-hybridized carbons (Fsp3) is 0.273. The van der Waals surface area contributed by atoms with Crippen molar-refractivity contribution in [2.24, 2.45) is 0 Å². The van der Waals surface area contributed by atoms with Crippen molar-refractivity contribution in [1.82, 2.24) is 14.8 Å². The predicted molar refractivity (Wildman–Crippen MR) is 117 cm³/mol. The van der Waals surface area contributed by atoms with E-state index in [9.17, 15) is 4.79 Å². The largest absolute Gasteiger partial charge is 0.497 e. The summed E-state index contributed by atoms with van der Waals surface area (Å²) in [6.45, 7) is 3.94. The Labute approximate surface area is 179 Å². The van der Waals surface area contributed by atoms with E-state index in [4.69, 9.17) is 16.3 Å². The molecule has 150 valence electrons. The lowest BCUT2D eigenvalue weighted by atomic mass is 10.2. The van der Waals surface area contributed by atoms with E-state index in [1.807, 2.05) is 52.7 Å². The van der Waals surface area contributed by atoms with E-state index in [0.29, 0.717) is 18.8 Å². The Morgan fingerprint density at radius 2 is 1.90 bits per heavy atom. The molecule has 0 saturated carbocycles. The highest BCUT2D eigenvalue weighted by molar-refractivity contribution is 7.13. The Morgan fingerprint density at radius 1 is 1.14 bits per heavy atom. The van der Waals surface area contributed by atoms with Gasteiger partial charge in [-0.05, 0) is 42.0 Å². The molecule has 4 rings (SSSR count). The minimum atomic E-state index is 0.00316. The molecule has 0 radical (unpaired) electrons. The van der Waals surface area contributed by atoms with Gasteiger partial charge in [0, 0.05) is 48.7 Å². The van der Waals surface area contributed by atoms with Gasteiger partial charge in [0.05, 0.1) is 7.11 Å². The molecule has 29 heavy (non-hydrogen) atoms. The Bertz CT molecular complexity index is 982. The van der Waals surface area contributed by atoms with Crippen LogP contribution in [0.25, 0.3) is 10.6 Å². The van der Waals surface area contributed by atoms with Crippen molar-refractivity contribution in [3.05, 3.63) is 70.2 Å². The molecule has 0 bridgehead atoms. The number of hydrogen-bond acceptors (Lipinski definition) is 5. The second-order valence-electron chi connectivity index (χ2n) is 6.96. The van der Waals surface area contributed by atoms with E-state index >= 15 is 0 Å². The molecule has 1 amide bonds. The minimum Gasteiger partial charge on any atom is -0.497 e. The molecule has 3 aromatic rings. The third-order valence-electron chi connectivity index (χ3n) is 5.01. The van der Waals surface area contributed by atoms with Gasteiger partial charge in [0.2, 0.25) is 0 Å². The number of nitrogens with zero attached hydrogens (tertiary/aromatic N) is 3. The van der Waals surface area contributed by atoms with Crippen LogP contribution in [0.15, 0.2) is 53.9 Å². The van der Waals surface area contributed by atoms with Gasteiger partial charge in [-0.3, -0.25) is 9.69 Å². The quantitative estimate of drug-likeness (QED) is 0.604. The van der Waals surface area contributed by atoms with Crippen LogP contribution in [0.2, 0.25) is 5.02 Å². The number of carbonyl (C=O) groups is 1. The van der Waals surface area contributed by atoms with Crippen LogP contribution in [-0.4, -0.2) is 54.0 Å². The highest BCUT2D eigenvalue weighted by Crippen LogP contribution is 2.26. The van der Waals surface area contributed by atoms with Crippen molar-refractivity contribution in [1.29, 1.82) is 0 Å². The van der Waals surface area contributed by atoms with Gasteiger partial charge in [0.1, 0.15) is 16.5 Å². The number of benzene rings is 2. The van der Waals surface area contributed by atoms with E-state index in [-0.39, 0.29) is 5.91 Å². The van der Waals surface area contributed by atoms with Crippen molar-refractivity contribution in [2.45, 2.75) is 6.54 Å². The standard InChI is InChI=1S/C22H22ClN3O2S/c1-28-19-7-5-17(6-8-19)21-24-20(15-29-21)22(27)26-11-9-25(10-12-26)14-16-3-2-4-18(23)13-16/h2-8,13,15H,9-12,14H2,1H3. The SMILES string of the molecule is COc1ccc(-c2nc(C(=O)N3CCN(Cc4cccc(Cl)c4)CC3)cs2)cc1. The fourth-order valence-electron chi connectivity index (χ4n) is 3.40. The van der Waals surface area contributed by atoms with Crippen molar-refractivity contribution < 1.29 is 9.53 Å². The van der Waals surface area contributed by atoms with Gasteiger partial charge in [-0.15, -0.1) is 11.3 Å². The van der Waals surface area contributed by atoms with E-state index in [0.717, 1.165) is 41.0 Å². The molecule has 7 heteroatoms. The van der Waals surface area contributed by atoms with E-state index in [1.165, 1.54) is 16.9 Å². The van der Waals surface area contributed by atoms with Crippen LogP contribution in [0.1, 0.15) is 16.1 Å². The normalized spacial score (nSPS) is 14.8. The first-order valence-electron chi connectivity index (χ1n) is 9.48. The minimum absolute atomic E-state index is 0.00316. The smallest absolute Gasteiger partial charge is 0.273 e. The van der Waals surface area contributed by atoms with Gasteiger partial charge < -0.3 is 9.64 Å². The first-order chi connectivity index (χ1) is 14.1.